The summed E-state index contributed by atoms with van der Waals surface area (Å²) in [5, 5.41) is 0. The van der Waals surface area contributed by atoms with E-state index in [2.05, 4.69) is 16.0 Å². The molecule has 1 fully saturated rings. The highest BCUT2D eigenvalue weighted by Crippen LogP contribution is 2.38. The van der Waals surface area contributed by atoms with Gasteiger partial charge in [-0.1, -0.05) is 18.2 Å². The summed E-state index contributed by atoms with van der Waals surface area (Å²) in [6, 6.07) is 10.9. The van der Waals surface area contributed by atoms with Crippen LogP contribution < -0.4 is 4.74 Å². The third kappa shape index (κ3) is 3.77. The molecular formula is C20H25N3O4S. The predicted molar refractivity (Wildman–Crippen MR) is 105 cm³/mol. The highest BCUT2D eigenvalue weighted by atomic mass is 32.2. The summed E-state index contributed by atoms with van der Waals surface area (Å²) in [7, 11) is -2.05. The van der Waals surface area contributed by atoms with Crippen molar-refractivity contribution in [3.8, 4) is 5.75 Å². The Labute approximate surface area is 165 Å². The molecule has 0 N–H and O–H groups in total. The van der Waals surface area contributed by atoms with E-state index >= 15 is 0 Å². The van der Waals surface area contributed by atoms with Crippen molar-refractivity contribution in [2.45, 2.75) is 23.5 Å². The standard InChI is InChI=1S/C20H25N3O4S/c1-26-12-11-23-16-20(27-18-6-2-3-7-19(18)28(23,24)25)8-10-22(15-20)14-17-5-4-9-21-13-17/h2-7,9,13H,8,10-12,14-16H2,1H3/t20-/m1/s1. The Bertz CT molecular complexity index is 922. The number of hydrogen-bond acceptors (Lipinski definition) is 6. The van der Waals surface area contributed by atoms with Crippen LogP contribution in [-0.4, -0.2) is 68.1 Å². The molecule has 1 aromatic heterocycles. The van der Waals surface area contributed by atoms with Gasteiger partial charge in [-0.2, -0.15) is 4.31 Å². The first kappa shape index (κ1) is 19.3. The molecule has 2 aliphatic heterocycles. The molecule has 1 spiro atoms. The summed E-state index contributed by atoms with van der Waals surface area (Å²) in [6.45, 7) is 3.24. The zero-order valence-electron chi connectivity index (χ0n) is 16.0. The van der Waals surface area contributed by atoms with Crippen molar-refractivity contribution in [1.29, 1.82) is 0 Å². The maximum Gasteiger partial charge on any atom is 0.246 e. The van der Waals surface area contributed by atoms with Crippen LogP contribution in [0.25, 0.3) is 0 Å². The van der Waals surface area contributed by atoms with Crippen LogP contribution in [-0.2, 0) is 21.3 Å². The van der Waals surface area contributed by atoms with Gasteiger partial charge in [-0.3, -0.25) is 9.88 Å². The first-order valence-corrected chi connectivity index (χ1v) is 10.8. The molecule has 0 bridgehead atoms. The van der Waals surface area contributed by atoms with E-state index < -0.39 is 15.6 Å². The summed E-state index contributed by atoms with van der Waals surface area (Å²) in [5.41, 5.74) is 0.563. The Balaban J connectivity index is 1.62. The quantitative estimate of drug-likeness (QED) is 0.758. The van der Waals surface area contributed by atoms with Crippen LogP contribution >= 0.6 is 0 Å². The number of hydrogen-bond donors (Lipinski definition) is 0. The van der Waals surface area contributed by atoms with Crippen molar-refractivity contribution >= 4 is 10.0 Å². The van der Waals surface area contributed by atoms with Gasteiger partial charge < -0.3 is 9.47 Å². The lowest BCUT2D eigenvalue weighted by molar-refractivity contribution is 0.0533. The number of likely N-dealkylation sites (tertiary alicyclic amines) is 1. The Hall–Kier alpha value is -2.00. The minimum absolute atomic E-state index is 0.230. The van der Waals surface area contributed by atoms with Gasteiger partial charge in [-0.15, -0.1) is 0 Å². The molecule has 1 saturated heterocycles. The highest BCUT2D eigenvalue weighted by Gasteiger charge is 2.47. The number of ether oxygens (including phenoxy) is 2. The van der Waals surface area contributed by atoms with E-state index in [1.54, 1.807) is 31.5 Å². The second-order valence-electron chi connectivity index (χ2n) is 7.39. The summed E-state index contributed by atoms with van der Waals surface area (Å²) in [6.07, 6.45) is 4.39. The van der Waals surface area contributed by atoms with Gasteiger partial charge >= 0.3 is 0 Å². The fourth-order valence-electron chi connectivity index (χ4n) is 3.98. The Morgan fingerprint density at radius 2 is 2.07 bits per heavy atom. The van der Waals surface area contributed by atoms with Crippen molar-refractivity contribution in [2.24, 2.45) is 0 Å². The average molecular weight is 404 g/mol. The maximum atomic E-state index is 13.2. The molecule has 150 valence electrons. The molecule has 0 saturated carbocycles. The summed E-state index contributed by atoms with van der Waals surface area (Å²) < 4.78 is 39.5. The average Bonchev–Trinajstić information content (AvgIpc) is 3.04. The molecule has 1 aromatic carbocycles. The number of benzene rings is 1. The minimum Gasteiger partial charge on any atom is -0.483 e. The zero-order valence-corrected chi connectivity index (χ0v) is 16.8. The first-order valence-electron chi connectivity index (χ1n) is 9.41. The number of nitrogens with zero attached hydrogens (tertiary/aromatic N) is 3. The third-order valence-corrected chi connectivity index (χ3v) is 7.21. The fraction of sp³-hybridized carbons (Fsp3) is 0.450. The van der Waals surface area contributed by atoms with Crippen LogP contribution in [0.1, 0.15) is 12.0 Å². The summed E-state index contributed by atoms with van der Waals surface area (Å²) in [4.78, 5) is 6.71. The molecule has 3 heterocycles. The van der Waals surface area contributed by atoms with Gasteiger partial charge in [-0.05, 0) is 23.8 Å². The van der Waals surface area contributed by atoms with Crippen molar-refractivity contribution < 1.29 is 17.9 Å². The topological polar surface area (TPSA) is 72.0 Å². The van der Waals surface area contributed by atoms with Crippen LogP contribution in [0.2, 0.25) is 0 Å². The van der Waals surface area contributed by atoms with E-state index in [1.165, 1.54) is 4.31 Å². The van der Waals surface area contributed by atoms with Crippen molar-refractivity contribution in [1.82, 2.24) is 14.2 Å². The van der Waals surface area contributed by atoms with Crippen LogP contribution in [0.5, 0.6) is 5.75 Å². The number of fused-ring (bicyclic) bond motifs is 1. The van der Waals surface area contributed by atoms with E-state index in [1.807, 2.05) is 18.3 Å². The number of rotatable bonds is 5. The van der Waals surface area contributed by atoms with Gasteiger partial charge in [0, 0.05) is 52.1 Å². The van der Waals surface area contributed by atoms with Crippen LogP contribution in [0.15, 0.2) is 53.7 Å². The molecule has 2 aromatic rings. The number of pyridine rings is 1. The molecule has 2 aliphatic rings. The Morgan fingerprint density at radius 3 is 2.86 bits per heavy atom. The second kappa shape index (κ2) is 7.79. The van der Waals surface area contributed by atoms with Gasteiger partial charge in [0.25, 0.3) is 0 Å². The van der Waals surface area contributed by atoms with Gasteiger partial charge in [-0.25, -0.2) is 8.42 Å². The van der Waals surface area contributed by atoms with E-state index in [0.717, 1.165) is 25.1 Å². The molecule has 0 amide bonds. The molecule has 28 heavy (non-hydrogen) atoms. The summed E-state index contributed by atoms with van der Waals surface area (Å²) >= 11 is 0. The minimum atomic E-state index is -3.63. The second-order valence-corrected chi connectivity index (χ2v) is 9.29. The lowest BCUT2D eigenvalue weighted by Gasteiger charge is -2.32. The monoisotopic (exact) mass is 403 g/mol. The Morgan fingerprint density at radius 1 is 1.21 bits per heavy atom. The van der Waals surface area contributed by atoms with Crippen LogP contribution in [0, 0.1) is 0 Å². The third-order valence-electron chi connectivity index (χ3n) is 5.33. The smallest absolute Gasteiger partial charge is 0.246 e. The van der Waals surface area contributed by atoms with Crippen molar-refractivity contribution in [3.05, 3.63) is 54.4 Å². The van der Waals surface area contributed by atoms with Gasteiger partial charge in [0.2, 0.25) is 10.0 Å². The van der Waals surface area contributed by atoms with Crippen LogP contribution in [0.3, 0.4) is 0 Å². The van der Waals surface area contributed by atoms with Crippen molar-refractivity contribution in [3.63, 3.8) is 0 Å². The number of aromatic nitrogens is 1. The largest absolute Gasteiger partial charge is 0.483 e. The molecule has 0 unspecified atom stereocenters. The first-order chi connectivity index (χ1) is 13.5. The molecule has 4 rings (SSSR count). The van der Waals surface area contributed by atoms with E-state index in [0.29, 0.717) is 32.0 Å². The normalized spacial score (nSPS) is 24.6. The van der Waals surface area contributed by atoms with Gasteiger partial charge in [0.1, 0.15) is 16.2 Å². The lowest BCUT2D eigenvalue weighted by atomic mass is 10.0. The molecule has 7 nitrogen and oxygen atoms in total. The van der Waals surface area contributed by atoms with E-state index in [4.69, 9.17) is 9.47 Å². The fourth-order valence-corrected chi connectivity index (χ4v) is 5.59. The SMILES string of the molecule is COCCN1C[C@]2(CCN(Cc3cccnc3)C2)Oc2ccccc2S1(=O)=O. The highest BCUT2D eigenvalue weighted by molar-refractivity contribution is 7.89. The molecule has 0 aliphatic carbocycles. The number of para-hydroxylation sites is 1. The van der Waals surface area contributed by atoms with Crippen molar-refractivity contribution in [2.75, 3.05) is 39.9 Å². The van der Waals surface area contributed by atoms with E-state index in [-0.39, 0.29) is 4.90 Å². The number of methoxy groups -OCH3 is 1. The zero-order chi connectivity index (χ0) is 19.6. The maximum absolute atomic E-state index is 13.2. The predicted octanol–water partition coefficient (Wildman–Crippen LogP) is 1.76. The van der Waals surface area contributed by atoms with Gasteiger partial charge in [0.15, 0.2) is 0 Å². The summed E-state index contributed by atoms with van der Waals surface area (Å²) in [5.74, 6) is 0.436. The van der Waals surface area contributed by atoms with Crippen LogP contribution in [0.4, 0.5) is 0 Å². The molecule has 1 atom stereocenters. The molecule has 8 heteroatoms. The van der Waals surface area contributed by atoms with Gasteiger partial charge in [0.05, 0.1) is 13.2 Å². The molecule has 0 radical (unpaired) electrons. The lowest BCUT2D eigenvalue weighted by Crippen LogP contribution is -2.49. The Kier molecular flexibility index (Phi) is 5.37. The molecular weight excluding hydrogens is 378 g/mol. The number of sulfonamides is 1. The van der Waals surface area contributed by atoms with E-state index in [9.17, 15) is 8.42 Å².